The van der Waals surface area contributed by atoms with E-state index in [4.69, 9.17) is 0 Å². The zero-order valence-electron chi connectivity index (χ0n) is 12.4. The highest BCUT2D eigenvalue weighted by molar-refractivity contribution is 7.11. The Morgan fingerprint density at radius 3 is 2.71 bits per heavy atom. The molecule has 2 heterocycles. The van der Waals surface area contributed by atoms with Crippen LogP contribution in [0, 0.1) is 6.92 Å². The molecule has 0 radical (unpaired) electrons. The van der Waals surface area contributed by atoms with Crippen molar-refractivity contribution >= 4 is 17.2 Å². The zero-order chi connectivity index (χ0) is 14.8. The smallest absolute Gasteiger partial charge is 0.237 e. The minimum Gasteiger partial charge on any atom is -0.358 e. The summed E-state index contributed by atoms with van der Waals surface area (Å²) in [5, 5.41) is 2.81. The largest absolute Gasteiger partial charge is 0.358 e. The third-order valence-electron chi connectivity index (χ3n) is 4.05. The predicted octanol–water partition coefficient (Wildman–Crippen LogP) is 2.73. The number of rotatable bonds is 3. The summed E-state index contributed by atoms with van der Waals surface area (Å²) in [6, 6.07) is 12.7. The first kappa shape index (κ1) is 14.3. The molecule has 1 aromatic carbocycles. The third kappa shape index (κ3) is 3.01. The van der Waals surface area contributed by atoms with Crippen LogP contribution in [0.1, 0.15) is 20.9 Å². The Labute approximate surface area is 129 Å². The SMILES string of the molecule is CNC(=O)[C@@H]1Cc2ccccc2CN1Cc1ccc(C)s1. The lowest BCUT2D eigenvalue weighted by Gasteiger charge is -2.35. The van der Waals surface area contributed by atoms with Crippen molar-refractivity contribution in [1.29, 1.82) is 0 Å². The number of benzene rings is 1. The van der Waals surface area contributed by atoms with Gasteiger partial charge in [-0.05, 0) is 36.6 Å². The molecule has 2 aromatic rings. The van der Waals surface area contributed by atoms with Gasteiger partial charge in [0.1, 0.15) is 0 Å². The lowest BCUT2D eigenvalue weighted by atomic mass is 9.93. The fraction of sp³-hybridized carbons (Fsp3) is 0.353. The molecule has 21 heavy (non-hydrogen) atoms. The Hall–Kier alpha value is -1.65. The van der Waals surface area contributed by atoms with Crippen LogP contribution >= 0.6 is 11.3 Å². The number of carbonyl (C=O) groups is 1. The van der Waals surface area contributed by atoms with E-state index >= 15 is 0 Å². The van der Waals surface area contributed by atoms with Gasteiger partial charge < -0.3 is 5.32 Å². The van der Waals surface area contributed by atoms with E-state index in [0.717, 1.165) is 19.5 Å². The fourth-order valence-corrected chi connectivity index (χ4v) is 3.85. The molecule has 0 spiro atoms. The van der Waals surface area contributed by atoms with Crippen molar-refractivity contribution in [3.05, 3.63) is 57.3 Å². The van der Waals surface area contributed by atoms with Gasteiger partial charge in [0.05, 0.1) is 6.04 Å². The second-order valence-electron chi connectivity index (χ2n) is 5.52. The molecular weight excluding hydrogens is 280 g/mol. The molecule has 110 valence electrons. The van der Waals surface area contributed by atoms with E-state index < -0.39 is 0 Å². The van der Waals surface area contributed by atoms with Crippen LogP contribution in [0.3, 0.4) is 0 Å². The van der Waals surface area contributed by atoms with Crippen molar-refractivity contribution in [1.82, 2.24) is 10.2 Å². The van der Waals surface area contributed by atoms with E-state index in [1.165, 1.54) is 20.9 Å². The average molecular weight is 300 g/mol. The van der Waals surface area contributed by atoms with Crippen molar-refractivity contribution in [2.45, 2.75) is 32.5 Å². The summed E-state index contributed by atoms with van der Waals surface area (Å²) < 4.78 is 0. The number of hydrogen-bond acceptors (Lipinski definition) is 3. The monoisotopic (exact) mass is 300 g/mol. The first-order valence-corrected chi connectivity index (χ1v) is 8.07. The van der Waals surface area contributed by atoms with Crippen molar-refractivity contribution in [2.24, 2.45) is 0 Å². The lowest BCUT2D eigenvalue weighted by molar-refractivity contribution is -0.126. The summed E-state index contributed by atoms with van der Waals surface area (Å²) in [6.07, 6.45) is 0.792. The van der Waals surface area contributed by atoms with E-state index in [9.17, 15) is 4.79 Å². The van der Waals surface area contributed by atoms with Crippen LogP contribution in [0.2, 0.25) is 0 Å². The molecule has 1 aliphatic rings. The van der Waals surface area contributed by atoms with Crippen LogP contribution in [0.25, 0.3) is 0 Å². The molecule has 1 amide bonds. The van der Waals surface area contributed by atoms with Gasteiger partial charge >= 0.3 is 0 Å². The Kier molecular flexibility index (Phi) is 4.08. The number of nitrogens with zero attached hydrogens (tertiary/aromatic N) is 1. The molecule has 0 bridgehead atoms. The van der Waals surface area contributed by atoms with Gasteiger partial charge in [-0.15, -0.1) is 11.3 Å². The van der Waals surface area contributed by atoms with Gasteiger partial charge in [-0.3, -0.25) is 9.69 Å². The van der Waals surface area contributed by atoms with Crippen molar-refractivity contribution in [3.63, 3.8) is 0 Å². The maximum Gasteiger partial charge on any atom is 0.237 e. The highest BCUT2D eigenvalue weighted by Crippen LogP contribution is 2.27. The van der Waals surface area contributed by atoms with Gasteiger partial charge in [0, 0.05) is 29.9 Å². The molecule has 3 nitrogen and oxygen atoms in total. The van der Waals surface area contributed by atoms with Crippen molar-refractivity contribution in [3.8, 4) is 0 Å². The van der Waals surface area contributed by atoms with Gasteiger partial charge in [0.25, 0.3) is 0 Å². The molecule has 0 unspecified atom stereocenters. The summed E-state index contributed by atoms with van der Waals surface area (Å²) in [4.78, 5) is 17.2. The Morgan fingerprint density at radius 2 is 2.05 bits per heavy atom. The number of likely N-dealkylation sites (N-methyl/N-ethyl adjacent to an activating group) is 1. The van der Waals surface area contributed by atoms with Gasteiger partial charge in [0.2, 0.25) is 5.91 Å². The number of hydrogen-bond donors (Lipinski definition) is 1. The predicted molar refractivity (Wildman–Crippen MR) is 86.3 cm³/mol. The first-order valence-electron chi connectivity index (χ1n) is 7.25. The van der Waals surface area contributed by atoms with Gasteiger partial charge in [-0.2, -0.15) is 0 Å². The van der Waals surface area contributed by atoms with E-state index in [0.29, 0.717) is 0 Å². The second kappa shape index (κ2) is 6.00. The lowest BCUT2D eigenvalue weighted by Crippen LogP contribution is -2.48. The third-order valence-corrected chi connectivity index (χ3v) is 5.04. The molecule has 4 heteroatoms. The highest BCUT2D eigenvalue weighted by Gasteiger charge is 2.30. The van der Waals surface area contributed by atoms with Crippen LogP contribution in [0.5, 0.6) is 0 Å². The molecule has 3 rings (SSSR count). The number of thiophene rings is 1. The van der Waals surface area contributed by atoms with Gasteiger partial charge in [0.15, 0.2) is 0 Å². The van der Waals surface area contributed by atoms with Gasteiger partial charge in [-0.1, -0.05) is 24.3 Å². The van der Waals surface area contributed by atoms with Crippen LogP contribution in [-0.2, 0) is 24.3 Å². The van der Waals surface area contributed by atoms with Crippen molar-refractivity contribution < 1.29 is 4.79 Å². The van der Waals surface area contributed by atoms with Crippen LogP contribution in [0.4, 0.5) is 0 Å². The van der Waals surface area contributed by atoms with Crippen LogP contribution < -0.4 is 5.32 Å². The van der Waals surface area contributed by atoms with E-state index in [1.807, 2.05) is 11.3 Å². The minimum absolute atomic E-state index is 0.0766. The zero-order valence-corrected chi connectivity index (χ0v) is 13.2. The second-order valence-corrected chi connectivity index (χ2v) is 6.89. The Morgan fingerprint density at radius 1 is 1.29 bits per heavy atom. The van der Waals surface area contributed by atoms with E-state index in [1.54, 1.807) is 7.05 Å². The summed E-state index contributed by atoms with van der Waals surface area (Å²) in [5.74, 6) is 0.109. The molecule has 1 aliphatic heterocycles. The summed E-state index contributed by atoms with van der Waals surface area (Å²) in [5.41, 5.74) is 2.63. The standard InChI is InChI=1S/C17H20N2OS/c1-12-7-8-15(21-12)11-19-10-14-6-4-3-5-13(14)9-16(19)17(20)18-2/h3-8,16H,9-11H2,1-2H3,(H,18,20)/t16-/m0/s1. The highest BCUT2D eigenvalue weighted by atomic mass is 32.1. The molecule has 0 aliphatic carbocycles. The van der Waals surface area contributed by atoms with Crippen molar-refractivity contribution in [2.75, 3.05) is 7.05 Å². The first-order chi connectivity index (χ1) is 10.2. The topological polar surface area (TPSA) is 32.3 Å². The Balaban J connectivity index is 1.87. The maximum atomic E-state index is 12.2. The van der Waals surface area contributed by atoms with Gasteiger partial charge in [-0.25, -0.2) is 0 Å². The number of aryl methyl sites for hydroxylation is 1. The summed E-state index contributed by atoms with van der Waals surface area (Å²) >= 11 is 1.81. The quantitative estimate of drug-likeness (QED) is 0.945. The molecule has 0 fully saturated rings. The minimum atomic E-state index is -0.0766. The summed E-state index contributed by atoms with van der Waals surface area (Å²) in [7, 11) is 1.72. The molecule has 0 saturated heterocycles. The Bertz CT molecular complexity index is 650. The molecule has 1 N–H and O–H groups in total. The maximum absolute atomic E-state index is 12.2. The molecular formula is C17H20N2OS. The summed E-state index contributed by atoms with van der Waals surface area (Å²) in [6.45, 7) is 3.80. The number of carbonyl (C=O) groups excluding carboxylic acids is 1. The van der Waals surface area contributed by atoms with E-state index in [-0.39, 0.29) is 11.9 Å². The molecule has 0 saturated carbocycles. The normalized spacial score (nSPS) is 18.3. The molecule has 1 aromatic heterocycles. The van der Waals surface area contributed by atoms with E-state index in [2.05, 4.69) is 53.5 Å². The number of fused-ring (bicyclic) bond motifs is 1. The molecule has 1 atom stereocenters. The fourth-order valence-electron chi connectivity index (χ4n) is 2.94. The average Bonchev–Trinajstić information content (AvgIpc) is 2.91. The number of nitrogens with one attached hydrogen (secondary N) is 1. The van der Waals surface area contributed by atoms with Crippen LogP contribution in [-0.4, -0.2) is 23.9 Å². The number of amides is 1. The van der Waals surface area contributed by atoms with Crippen LogP contribution in [0.15, 0.2) is 36.4 Å².